The molecule has 1 fully saturated rings. The number of imidazole rings is 1. The van der Waals surface area contributed by atoms with Crippen molar-refractivity contribution in [2.75, 3.05) is 31.1 Å². The lowest BCUT2D eigenvalue weighted by Gasteiger charge is -2.37. The number of carbonyl (C=O) groups is 1. The molecule has 0 N–H and O–H groups in total. The number of benzene rings is 2. The quantitative estimate of drug-likeness (QED) is 0.488. The summed E-state index contributed by atoms with van der Waals surface area (Å²) >= 11 is 0. The van der Waals surface area contributed by atoms with Gasteiger partial charge in [0.2, 0.25) is 5.91 Å². The first-order valence-corrected chi connectivity index (χ1v) is 11.0. The third-order valence-electron chi connectivity index (χ3n) is 6.18. The van der Waals surface area contributed by atoms with E-state index in [2.05, 4.69) is 37.8 Å². The molecular weight excluding hydrogens is 414 g/mol. The topological polar surface area (TPSA) is 83.0 Å². The molecule has 1 amide bonds. The third kappa shape index (κ3) is 3.94. The van der Waals surface area contributed by atoms with Crippen LogP contribution >= 0.6 is 0 Å². The average molecular weight is 440 g/mol. The predicted octanol–water partition coefficient (Wildman–Crippen LogP) is 3.06. The number of aromatic nitrogens is 4. The van der Waals surface area contributed by atoms with Gasteiger partial charge in [0.1, 0.15) is 12.9 Å². The summed E-state index contributed by atoms with van der Waals surface area (Å²) in [5, 5.41) is 13.6. The van der Waals surface area contributed by atoms with E-state index < -0.39 is 0 Å². The molecule has 0 bridgehead atoms. The van der Waals surface area contributed by atoms with Gasteiger partial charge in [0.15, 0.2) is 0 Å². The number of anilines is 1. The molecule has 3 heterocycles. The second-order valence-electron chi connectivity index (χ2n) is 8.37. The van der Waals surface area contributed by atoms with E-state index in [0.29, 0.717) is 18.7 Å². The minimum absolute atomic E-state index is 0.100. The molecule has 5 rings (SSSR count). The molecule has 4 aromatic rings. The van der Waals surface area contributed by atoms with Gasteiger partial charge in [0.05, 0.1) is 39.7 Å². The van der Waals surface area contributed by atoms with Crippen LogP contribution in [0.2, 0.25) is 0 Å². The van der Waals surface area contributed by atoms with Gasteiger partial charge in [-0.3, -0.25) is 14.0 Å². The molecule has 1 saturated heterocycles. The highest BCUT2D eigenvalue weighted by Crippen LogP contribution is 2.28. The van der Waals surface area contributed by atoms with Crippen molar-refractivity contribution in [2.24, 2.45) is 0 Å². The van der Waals surface area contributed by atoms with Crippen molar-refractivity contribution in [1.29, 1.82) is 5.26 Å². The smallest absolute Gasteiger partial charge is 0.244 e. The van der Waals surface area contributed by atoms with Crippen LogP contribution in [0, 0.1) is 25.2 Å². The number of carbonyl (C=O) groups excluding carboxylic acids is 1. The lowest BCUT2D eigenvalue weighted by atomic mass is 10.2. The first-order chi connectivity index (χ1) is 16.0. The Morgan fingerprint density at radius 1 is 1.03 bits per heavy atom. The second kappa shape index (κ2) is 8.43. The van der Waals surface area contributed by atoms with E-state index in [4.69, 9.17) is 5.26 Å². The third-order valence-corrected chi connectivity index (χ3v) is 6.18. The minimum atomic E-state index is 0.100. The highest BCUT2D eigenvalue weighted by Gasteiger charge is 2.24. The average Bonchev–Trinajstić information content (AvgIpc) is 3.40. The molecule has 0 radical (unpaired) electrons. The molecular formula is C25H25N7O. The highest BCUT2D eigenvalue weighted by atomic mass is 16.2. The number of amides is 1. The van der Waals surface area contributed by atoms with Gasteiger partial charge in [0.25, 0.3) is 0 Å². The number of para-hydroxylation sites is 2. The summed E-state index contributed by atoms with van der Waals surface area (Å²) in [5.41, 5.74) is 6.42. The Bertz CT molecular complexity index is 1370. The summed E-state index contributed by atoms with van der Waals surface area (Å²) in [6.07, 6.45) is 1.80. The van der Waals surface area contributed by atoms with Crippen LogP contribution in [0.3, 0.4) is 0 Å². The number of nitrogens with zero attached hydrogens (tertiary/aromatic N) is 7. The van der Waals surface area contributed by atoms with Gasteiger partial charge >= 0.3 is 0 Å². The number of piperazine rings is 1. The van der Waals surface area contributed by atoms with E-state index >= 15 is 0 Å². The standard InChI is InChI=1S/C25H25N7O/c1-18-13-19(2)32(28-18)16-25(33)30-11-9-29(10-12-30)23-5-3-4-6-24(23)31-17-27-21-14-20(15-26)7-8-22(21)31/h3-8,13-14,17H,9-12,16H2,1-2H3. The van der Waals surface area contributed by atoms with Crippen molar-refractivity contribution in [3.8, 4) is 11.8 Å². The van der Waals surface area contributed by atoms with Crippen LogP contribution in [-0.4, -0.2) is 56.3 Å². The summed E-state index contributed by atoms with van der Waals surface area (Å²) in [6, 6.07) is 18.0. The molecule has 33 heavy (non-hydrogen) atoms. The first-order valence-electron chi connectivity index (χ1n) is 11.0. The molecule has 1 aliphatic rings. The maximum absolute atomic E-state index is 12.8. The van der Waals surface area contributed by atoms with Crippen molar-refractivity contribution in [2.45, 2.75) is 20.4 Å². The Morgan fingerprint density at radius 3 is 2.48 bits per heavy atom. The monoisotopic (exact) mass is 439 g/mol. The molecule has 0 unspecified atom stereocenters. The number of hydrogen-bond acceptors (Lipinski definition) is 5. The fraction of sp³-hybridized carbons (Fsp3) is 0.280. The second-order valence-corrected chi connectivity index (χ2v) is 8.37. The lowest BCUT2D eigenvalue weighted by molar-refractivity contribution is -0.132. The Balaban J connectivity index is 1.34. The lowest BCUT2D eigenvalue weighted by Crippen LogP contribution is -2.50. The molecule has 2 aromatic carbocycles. The number of aryl methyl sites for hydroxylation is 2. The zero-order valence-corrected chi connectivity index (χ0v) is 18.8. The largest absolute Gasteiger partial charge is 0.366 e. The van der Waals surface area contributed by atoms with Crippen LogP contribution in [0.15, 0.2) is 54.9 Å². The van der Waals surface area contributed by atoms with E-state index in [1.807, 2.05) is 55.1 Å². The van der Waals surface area contributed by atoms with Gasteiger partial charge in [-0.05, 0) is 50.2 Å². The van der Waals surface area contributed by atoms with Gasteiger partial charge in [-0.25, -0.2) is 4.98 Å². The maximum atomic E-state index is 12.8. The fourth-order valence-corrected chi connectivity index (χ4v) is 4.47. The maximum Gasteiger partial charge on any atom is 0.244 e. The summed E-state index contributed by atoms with van der Waals surface area (Å²) in [5.74, 6) is 0.100. The number of hydrogen-bond donors (Lipinski definition) is 0. The first kappa shape index (κ1) is 20.8. The molecule has 0 atom stereocenters. The Kier molecular flexibility index (Phi) is 5.31. The molecule has 0 saturated carbocycles. The Labute approximate surface area is 192 Å². The minimum Gasteiger partial charge on any atom is -0.366 e. The Morgan fingerprint density at radius 2 is 1.79 bits per heavy atom. The molecule has 8 nitrogen and oxygen atoms in total. The normalized spacial score (nSPS) is 14.0. The van der Waals surface area contributed by atoms with Crippen LogP contribution in [0.4, 0.5) is 5.69 Å². The van der Waals surface area contributed by atoms with E-state index in [0.717, 1.165) is 46.9 Å². The van der Waals surface area contributed by atoms with Crippen molar-refractivity contribution >= 4 is 22.6 Å². The number of nitriles is 1. The van der Waals surface area contributed by atoms with Crippen LogP contribution in [0.1, 0.15) is 17.0 Å². The predicted molar refractivity (Wildman–Crippen MR) is 126 cm³/mol. The van der Waals surface area contributed by atoms with Gasteiger partial charge < -0.3 is 9.80 Å². The summed E-state index contributed by atoms with van der Waals surface area (Å²) in [4.78, 5) is 21.6. The summed E-state index contributed by atoms with van der Waals surface area (Å²) in [7, 11) is 0. The molecule has 8 heteroatoms. The molecule has 166 valence electrons. The van der Waals surface area contributed by atoms with E-state index in [9.17, 15) is 4.79 Å². The van der Waals surface area contributed by atoms with Crippen molar-refractivity contribution < 1.29 is 4.79 Å². The fourth-order valence-electron chi connectivity index (χ4n) is 4.47. The number of rotatable bonds is 4. The summed E-state index contributed by atoms with van der Waals surface area (Å²) < 4.78 is 3.84. The van der Waals surface area contributed by atoms with E-state index in [-0.39, 0.29) is 12.5 Å². The molecule has 1 aliphatic heterocycles. The zero-order valence-electron chi connectivity index (χ0n) is 18.8. The highest BCUT2D eigenvalue weighted by molar-refractivity contribution is 5.81. The van der Waals surface area contributed by atoms with Crippen LogP contribution in [0.5, 0.6) is 0 Å². The van der Waals surface area contributed by atoms with Gasteiger partial charge in [0, 0.05) is 31.9 Å². The van der Waals surface area contributed by atoms with Crippen molar-refractivity contribution in [3.05, 3.63) is 71.8 Å². The van der Waals surface area contributed by atoms with Crippen molar-refractivity contribution in [3.63, 3.8) is 0 Å². The van der Waals surface area contributed by atoms with Gasteiger partial charge in [-0.1, -0.05) is 12.1 Å². The summed E-state index contributed by atoms with van der Waals surface area (Å²) in [6.45, 7) is 7.04. The SMILES string of the molecule is Cc1cc(C)n(CC(=O)N2CCN(c3ccccc3-n3cnc4cc(C#N)ccc43)CC2)n1. The van der Waals surface area contributed by atoms with Gasteiger partial charge in [-0.2, -0.15) is 10.4 Å². The molecule has 0 aliphatic carbocycles. The Hall–Kier alpha value is -4.12. The van der Waals surface area contributed by atoms with Crippen LogP contribution in [-0.2, 0) is 11.3 Å². The molecule has 2 aromatic heterocycles. The van der Waals surface area contributed by atoms with E-state index in [1.54, 1.807) is 11.0 Å². The van der Waals surface area contributed by atoms with Crippen LogP contribution in [0.25, 0.3) is 16.7 Å². The molecule has 0 spiro atoms. The van der Waals surface area contributed by atoms with Crippen LogP contribution < -0.4 is 4.90 Å². The van der Waals surface area contributed by atoms with E-state index in [1.165, 1.54) is 0 Å². The van der Waals surface area contributed by atoms with Gasteiger partial charge in [-0.15, -0.1) is 0 Å². The zero-order chi connectivity index (χ0) is 22.9. The van der Waals surface area contributed by atoms with Crippen molar-refractivity contribution in [1.82, 2.24) is 24.2 Å². The number of fused-ring (bicyclic) bond motifs is 1.